The zero-order valence-corrected chi connectivity index (χ0v) is 16.1. The van der Waals surface area contributed by atoms with Crippen LogP contribution in [0.2, 0.25) is 0 Å². The first kappa shape index (κ1) is 17.5. The highest BCUT2D eigenvalue weighted by atomic mass is 32.2. The maximum absolute atomic E-state index is 12.4. The summed E-state index contributed by atoms with van der Waals surface area (Å²) in [4.78, 5) is 26.3. The predicted molar refractivity (Wildman–Crippen MR) is 98.4 cm³/mol. The molecule has 1 saturated heterocycles. The second-order valence-electron chi connectivity index (χ2n) is 6.22. The maximum atomic E-state index is 12.4. The smallest absolute Gasteiger partial charge is 0.341 e. The number of esters is 1. The molecule has 0 saturated carbocycles. The first-order valence-corrected chi connectivity index (χ1v) is 10.2. The number of nitrogens with zero attached hydrogens (tertiary/aromatic N) is 2. The molecular formula is C17H22N2O3S2. The zero-order valence-electron chi connectivity index (χ0n) is 14.4. The van der Waals surface area contributed by atoms with Gasteiger partial charge in [0.25, 0.3) is 0 Å². The number of carbonyl (C=O) groups is 2. The van der Waals surface area contributed by atoms with Gasteiger partial charge in [0.1, 0.15) is 0 Å². The highest BCUT2D eigenvalue weighted by Crippen LogP contribution is 2.41. The van der Waals surface area contributed by atoms with E-state index in [9.17, 15) is 9.59 Å². The lowest BCUT2D eigenvalue weighted by Crippen LogP contribution is -2.35. The molecule has 0 N–H and O–H groups in total. The summed E-state index contributed by atoms with van der Waals surface area (Å²) in [6, 6.07) is 0. The highest BCUT2D eigenvalue weighted by Gasteiger charge is 2.32. The van der Waals surface area contributed by atoms with Crippen molar-refractivity contribution >= 4 is 41.1 Å². The summed E-state index contributed by atoms with van der Waals surface area (Å²) in [5.41, 5.74) is 3.76. The number of ether oxygens (including phenoxy) is 1. The van der Waals surface area contributed by atoms with E-state index in [1.807, 2.05) is 43.6 Å². The molecule has 0 unspecified atom stereocenters. The molecule has 130 valence electrons. The molecule has 5 nitrogen and oxygen atoms in total. The van der Waals surface area contributed by atoms with Crippen LogP contribution in [-0.2, 0) is 9.53 Å². The number of amides is 1. The molecule has 7 heteroatoms. The van der Waals surface area contributed by atoms with Crippen molar-refractivity contribution in [2.24, 2.45) is 0 Å². The summed E-state index contributed by atoms with van der Waals surface area (Å²) in [6.45, 7) is 8.01. The lowest BCUT2D eigenvalue weighted by Gasteiger charge is -2.30. The lowest BCUT2D eigenvalue weighted by molar-refractivity contribution is -0.126. The van der Waals surface area contributed by atoms with Crippen LogP contribution in [0.3, 0.4) is 0 Å². The van der Waals surface area contributed by atoms with Crippen LogP contribution < -0.4 is 0 Å². The molecule has 3 rings (SSSR count). The van der Waals surface area contributed by atoms with E-state index in [2.05, 4.69) is 4.57 Å². The number of hydrogen-bond acceptors (Lipinski definition) is 5. The van der Waals surface area contributed by atoms with Crippen LogP contribution in [0.25, 0.3) is 5.70 Å². The quantitative estimate of drug-likeness (QED) is 0.752. The van der Waals surface area contributed by atoms with Gasteiger partial charge in [-0.3, -0.25) is 4.79 Å². The highest BCUT2D eigenvalue weighted by molar-refractivity contribution is 8.00. The normalized spacial score (nSPS) is 20.5. The van der Waals surface area contributed by atoms with E-state index in [0.29, 0.717) is 5.56 Å². The number of hydrogen-bond donors (Lipinski definition) is 0. The molecule has 0 aliphatic carbocycles. The number of fused-ring (bicyclic) bond motifs is 1. The van der Waals surface area contributed by atoms with Crippen molar-refractivity contribution in [2.45, 2.75) is 38.8 Å². The van der Waals surface area contributed by atoms with Gasteiger partial charge in [0.2, 0.25) is 5.91 Å². The number of aromatic nitrogens is 1. The van der Waals surface area contributed by atoms with Crippen LogP contribution in [0, 0.1) is 6.92 Å². The minimum atomic E-state index is -0.267. The van der Waals surface area contributed by atoms with Crippen molar-refractivity contribution < 1.29 is 14.3 Å². The van der Waals surface area contributed by atoms with Crippen molar-refractivity contribution in [2.75, 3.05) is 23.8 Å². The van der Waals surface area contributed by atoms with Crippen LogP contribution in [0.4, 0.5) is 0 Å². The molecule has 0 atom stereocenters. The topological polar surface area (TPSA) is 51.5 Å². The largest absolute Gasteiger partial charge is 0.459 e. The van der Waals surface area contributed by atoms with E-state index in [1.54, 1.807) is 18.7 Å². The number of thioether (sulfide) groups is 2. The van der Waals surface area contributed by atoms with E-state index in [4.69, 9.17) is 4.74 Å². The molecule has 1 aromatic rings. The third kappa shape index (κ3) is 3.11. The average Bonchev–Trinajstić information content (AvgIpc) is 3.03. The van der Waals surface area contributed by atoms with Crippen LogP contribution in [0.15, 0.2) is 16.9 Å². The number of aryl methyl sites for hydroxylation is 1. The maximum Gasteiger partial charge on any atom is 0.341 e. The van der Waals surface area contributed by atoms with Gasteiger partial charge in [0.15, 0.2) is 0 Å². The Morgan fingerprint density at radius 1 is 1.25 bits per heavy atom. The first-order valence-electron chi connectivity index (χ1n) is 8.04. The first-order chi connectivity index (χ1) is 11.4. The summed E-state index contributed by atoms with van der Waals surface area (Å²) in [5.74, 6) is 2.39. The fourth-order valence-electron chi connectivity index (χ4n) is 3.02. The minimum absolute atomic E-state index is 0.0829. The lowest BCUT2D eigenvalue weighted by atomic mass is 10.2. The Balaban J connectivity index is 2.02. The van der Waals surface area contributed by atoms with Crippen molar-refractivity contribution in [3.63, 3.8) is 0 Å². The summed E-state index contributed by atoms with van der Waals surface area (Å²) >= 11 is 3.49. The summed E-state index contributed by atoms with van der Waals surface area (Å²) in [6.07, 6.45) is 1.85. The van der Waals surface area contributed by atoms with Crippen molar-refractivity contribution in [3.8, 4) is 0 Å². The van der Waals surface area contributed by atoms with Gasteiger partial charge >= 0.3 is 5.97 Å². The average molecular weight is 367 g/mol. The Morgan fingerprint density at radius 2 is 2.00 bits per heavy atom. The Bertz CT molecular complexity index is 722. The summed E-state index contributed by atoms with van der Waals surface area (Å²) in [7, 11) is 0. The van der Waals surface area contributed by atoms with E-state index in [0.717, 1.165) is 45.8 Å². The second kappa shape index (κ2) is 6.88. The van der Waals surface area contributed by atoms with Gasteiger partial charge in [-0.05, 0) is 26.3 Å². The van der Waals surface area contributed by atoms with Gasteiger partial charge in [-0.2, -0.15) is 11.8 Å². The Labute approximate surface area is 150 Å². The minimum Gasteiger partial charge on any atom is -0.459 e. The van der Waals surface area contributed by atoms with Gasteiger partial charge in [-0.25, -0.2) is 4.79 Å². The van der Waals surface area contributed by atoms with Crippen LogP contribution in [0.1, 0.15) is 36.7 Å². The molecule has 0 radical (unpaired) electrons. The number of rotatable bonds is 2. The van der Waals surface area contributed by atoms with Gasteiger partial charge in [0.05, 0.1) is 28.1 Å². The molecular weight excluding hydrogens is 344 g/mol. The van der Waals surface area contributed by atoms with Gasteiger partial charge in [-0.15, -0.1) is 11.8 Å². The van der Waals surface area contributed by atoms with E-state index in [1.165, 1.54) is 0 Å². The van der Waals surface area contributed by atoms with Gasteiger partial charge < -0.3 is 14.2 Å². The summed E-state index contributed by atoms with van der Waals surface area (Å²) < 4.78 is 7.47. The van der Waals surface area contributed by atoms with Crippen molar-refractivity contribution in [3.05, 3.63) is 23.0 Å². The molecule has 0 aromatic carbocycles. The van der Waals surface area contributed by atoms with Crippen LogP contribution in [0.5, 0.6) is 0 Å². The molecule has 2 aliphatic rings. The molecule has 24 heavy (non-hydrogen) atoms. The fourth-order valence-corrected chi connectivity index (χ4v) is 5.26. The SMILES string of the molecule is CC(=O)N1CCSCC1=C1CSc2c(C(=O)OC(C)C)c(C)cn21. The molecule has 0 bridgehead atoms. The fraction of sp³-hybridized carbons (Fsp3) is 0.529. The molecule has 1 fully saturated rings. The molecule has 1 aromatic heterocycles. The standard InChI is InChI=1S/C17H22N2O3S2/c1-10(2)22-17(21)15-11(3)7-19-14(9-24-16(15)19)13-8-23-6-5-18(13)12(4)20/h7,10H,5-6,8-9H2,1-4H3. The second-order valence-corrected chi connectivity index (χ2v) is 8.29. The van der Waals surface area contributed by atoms with Gasteiger partial charge in [0, 0.05) is 36.9 Å². The molecule has 1 amide bonds. The molecule has 3 heterocycles. The zero-order chi connectivity index (χ0) is 17.4. The third-order valence-electron chi connectivity index (χ3n) is 4.07. The Hall–Kier alpha value is -1.34. The van der Waals surface area contributed by atoms with Crippen molar-refractivity contribution in [1.29, 1.82) is 0 Å². The Kier molecular flexibility index (Phi) is 5.01. The molecule has 0 spiro atoms. The predicted octanol–water partition coefficient (Wildman–Crippen LogP) is 3.23. The van der Waals surface area contributed by atoms with E-state index in [-0.39, 0.29) is 18.0 Å². The molecule has 2 aliphatic heterocycles. The van der Waals surface area contributed by atoms with Crippen molar-refractivity contribution in [1.82, 2.24) is 9.47 Å². The third-order valence-corrected chi connectivity index (χ3v) is 6.11. The van der Waals surface area contributed by atoms with Gasteiger partial charge in [-0.1, -0.05) is 0 Å². The van der Waals surface area contributed by atoms with E-state index < -0.39 is 0 Å². The van der Waals surface area contributed by atoms with Crippen LogP contribution >= 0.6 is 23.5 Å². The number of carbonyl (C=O) groups excluding carboxylic acids is 2. The monoisotopic (exact) mass is 366 g/mol. The Morgan fingerprint density at radius 3 is 2.67 bits per heavy atom. The summed E-state index contributed by atoms with van der Waals surface area (Å²) in [5, 5.41) is 0.930. The van der Waals surface area contributed by atoms with Crippen LogP contribution in [-0.4, -0.2) is 51.3 Å². The van der Waals surface area contributed by atoms with E-state index >= 15 is 0 Å².